The van der Waals surface area contributed by atoms with Crippen LogP contribution < -0.4 is 10.1 Å². The molecule has 0 spiro atoms. The van der Waals surface area contributed by atoms with Crippen LogP contribution in [0.1, 0.15) is 25.8 Å². The molecule has 1 N–H and O–H groups in total. The van der Waals surface area contributed by atoms with Gasteiger partial charge in [0.2, 0.25) is 5.91 Å². The largest absolute Gasteiger partial charge is 0.479 e. The van der Waals surface area contributed by atoms with Crippen molar-refractivity contribution in [2.75, 3.05) is 6.61 Å². The van der Waals surface area contributed by atoms with Gasteiger partial charge in [-0.15, -0.1) is 0 Å². The number of carbonyl (C=O) groups excluding carboxylic acids is 1. The SMILES string of the molecule is CCC(C)NC(=O)/C=C/c1ccc(OCC#N)cc1. The van der Waals surface area contributed by atoms with Gasteiger partial charge in [-0.05, 0) is 37.1 Å². The maximum Gasteiger partial charge on any atom is 0.244 e. The molecule has 1 rings (SSSR count). The van der Waals surface area contributed by atoms with Crippen molar-refractivity contribution in [2.45, 2.75) is 26.3 Å². The Kier molecular flexibility index (Phi) is 6.17. The molecule has 0 aliphatic carbocycles. The summed E-state index contributed by atoms with van der Waals surface area (Å²) in [5.74, 6) is 0.543. The Morgan fingerprint density at radius 1 is 1.47 bits per heavy atom. The number of amides is 1. The zero-order valence-electron chi connectivity index (χ0n) is 11.2. The number of nitriles is 1. The zero-order chi connectivity index (χ0) is 14.1. The number of nitrogens with one attached hydrogen (secondary N) is 1. The summed E-state index contributed by atoms with van der Waals surface area (Å²) in [7, 11) is 0. The molecule has 0 aliphatic rings. The number of nitrogens with zero attached hydrogens (tertiary/aromatic N) is 1. The summed E-state index contributed by atoms with van der Waals surface area (Å²) >= 11 is 0. The second-order valence-corrected chi connectivity index (χ2v) is 4.17. The number of carbonyl (C=O) groups is 1. The number of hydrogen-bond acceptors (Lipinski definition) is 3. The van der Waals surface area contributed by atoms with Crippen LogP contribution >= 0.6 is 0 Å². The first-order valence-electron chi connectivity index (χ1n) is 6.24. The summed E-state index contributed by atoms with van der Waals surface area (Å²) in [6.45, 7) is 4.02. The molecule has 19 heavy (non-hydrogen) atoms. The molecule has 1 amide bonds. The van der Waals surface area contributed by atoms with Crippen LogP contribution in [0.3, 0.4) is 0 Å². The van der Waals surface area contributed by atoms with E-state index < -0.39 is 0 Å². The quantitative estimate of drug-likeness (QED) is 0.797. The first-order valence-corrected chi connectivity index (χ1v) is 6.24. The second kappa shape index (κ2) is 7.93. The fourth-order valence-electron chi connectivity index (χ4n) is 1.36. The highest BCUT2D eigenvalue weighted by Crippen LogP contribution is 2.12. The van der Waals surface area contributed by atoms with Crippen molar-refractivity contribution in [2.24, 2.45) is 0 Å². The Balaban J connectivity index is 2.53. The Morgan fingerprint density at radius 3 is 2.74 bits per heavy atom. The Labute approximate surface area is 113 Å². The molecule has 4 heteroatoms. The zero-order valence-corrected chi connectivity index (χ0v) is 11.2. The van der Waals surface area contributed by atoms with E-state index in [1.54, 1.807) is 18.2 Å². The molecule has 1 atom stereocenters. The van der Waals surface area contributed by atoms with Crippen LogP contribution in [0, 0.1) is 11.3 Å². The van der Waals surface area contributed by atoms with E-state index in [1.165, 1.54) is 6.08 Å². The van der Waals surface area contributed by atoms with Gasteiger partial charge in [-0.25, -0.2) is 0 Å². The van der Waals surface area contributed by atoms with E-state index in [9.17, 15) is 4.79 Å². The lowest BCUT2D eigenvalue weighted by molar-refractivity contribution is -0.117. The van der Waals surface area contributed by atoms with E-state index in [4.69, 9.17) is 10.00 Å². The van der Waals surface area contributed by atoms with Gasteiger partial charge in [0, 0.05) is 12.1 Å². The Bertz CT molecular complexity index is 472. The van der Waals surface area contributed by atoms with Crippen LogP contribution in [-0.2, 0) is 4.79 Å². The van der Waals surface area contributed by atoms with E-state index >= 15 is 0 Å². The average molecular weight is 258 g/mol. The molecule has 0 saturated heterocycles. The van der Waals surface area contributed by atoms with Gasteiger partial charge < -0.3 is 10.1 Å². The lowest BCUT2D eigenvalue weighted by atomic mass is 10.2. The minimum atomic E-state index is -0.0980. The monoisotopic (exact) mass is 258 g/mol. The molecule has 1 unspecified atom stereocenters. The molecule has 4 nitrogen and oxygen atoms in total. The lowest BCUT2D eigenvalue weighted by Gasteiger charge is -2.08. The molecule has 0 aromatic heterocycles. The molecule has 0 heterocycles. The number of rotatable bonds is 6. The Hall–Kier alpha value is -2.28. The average Bonchev–Trinajstić information content (AvgIpc) is 2.43. The highest BCUT2D eigenvalue weighted by atomic mass is 16.5. The predicted octanol–water partition coefficient (Wildman–Crippen LogP) is 2.52. The van der Waals surface area contributed by atoms with Crippen LogP contribution in [-0.4, -0.2) is 18.6 Å². The van der Waals surface area contributed by atoms with Crippen LogP contribution in [0.5, 0.6) is 5.75 Å². The van der Waals surface area contributed by atoms with Gasteiger partial charge in [0.05, 0.1) is 0 Å². The lowest BCUT2D eigenvalue weighted by Crippen LogP contribution is -2.30. The smallest absolute Gasteiger partial charge is 0.244 e. The third-order valence-electron chi connectivity index (χ3n) is 2.61. The molecule has 1 aromatic carbocycles. The highest BCUT2D eigenvalue weighted by Gasteiger charge is 2.00. The third kappa shape index (κ3) is 5.73. The van der Waals surface area contributed by atoms with E-state index in [0.717, 1.165) is 12.0 Å². The normalized spacial score (nSPS) is 11.8. The summed E-state index contributed by atoms with van der Waals surface area (Å²) in [6.07, 6.45) is 4.16. The molecule has 1 aromatic rings. The van der Waals surface area contributed by atoms with Crippen LogP contribution in [0.4, 0.5) is 0 Å². The van der Waals surface area contributed by atoms with Gasteiger partial charge in [-0.2, -0.15) is 5.26 Å². The number of benzene rings is 1. The first-order chi connectivity index (χ1) is 9.15. The maximum absolute atomic E-state index is 11.5. The van der Waals surface area contributed by atoms with Crippen molar-refractivity contribution in [1.29, 1.82) is 5.26 Å². The minimum absolute atomic E-state index is 0.0342. The van der Waals surface area contributed by atoms with Crippen LogP contribution in [0.15, 0.2) is 30.3 Å². The molecule has 0 fully saturated rings. The summed E-state index contributed by atoms with van der Waals surface area (Å²) in [6, 6.07) is 9.29. The standard InChI is InChI=1S/C15H18N2O2/c1-3-12(2)17-15(18)9-6-13-4-7-14(8-5-13)19-11-10-16/h4-9,12H,3,11H2,1-2H3,(H,17,18)/b9-6+. The molecular formula is C15H18N2O2. The molecule has 0 aliphatic heterocycles. The Morgan fingerprint density at radius 2 is 2.16 bits per heavy atom. The van der Waals surface area contributed by atoms with E-state index in [2.05, 4.69) is 5.32 Å². The van der Waals surface area contributed by atoms with Crippen molar-refractivity contribution in [3.8, 4) is 11.8 Å². The predicted molar refractivity (Wildman–Crippen MR) is 74.5 cm³/mol. The summed E-state index contributed by atoms with van der Waals surface area (Å²) in [5, 5.41) is 11.2. The fourth-order valence-corrected chi connectivity index (χ4v) is 1.36. The van der Waals surface area contributed by atoms with Gasteiger partial charge in [0.1, 0.15) is 11.8 Å². The molecule has 0 bridgehead atoms. The van der Waals surface area contributed by atoms with Crippen LogP contribution in [0.2, 0.25) is 0 Å². The third-order valence-corrected chi connectivity index (χ3v) is 2.61. The van der Waals surface area contributed by atoms with E-state index in [0.29, 0.717) is 5.75 Å². The van der Waals surface area contributed by atoms with Gasteiger partial charge in [0.25, 0.3) is 0 Å². The molecule has 0 radical (unpaired) electrons. The highest BCUT2D eigenvalue weighted by molar-refractivity contribution is 5.91. The van der Waals surface area contributed by atoms with Crippen molar-refractivity contribution < 1.29 is 9.53 Å². The van der Waals surface area contributed by atoms with Gasteiger partial charge in [-0.3, -0.25) is 4.79 Å². The maximum atomic E-state index is 11.5. The fraction of sp³-hybridized carbons (Fsp3) is 0.333. The number of hydrogen-bond donors (Lipinski definition) is 1. The minimum Gasteiger partial charge on any atom is -0.479 e. The van der Waals surface area contributed by atoms with Crippen molar-refractivity contribution in [3.05, 3.63) is 35.9 Å². The van der Waals surface area contributed by atoms with Gasteiger partial charge in [0.15, 0.2) is 6.61 Å². The van der Waals surface area contributed by atoms with Gasteiger partial charge in [-0.1, -0.05) is 19.1 Å². The summed E-state index contributed by atoms with van der Waals surface area (Å²) < 4.78 is 5.14. The van der Waals surface area contributed by atoms with Gasteiger partial charge >= 0.3 is 0 Å². The summed E-state index contributed by atoms with van der Waals surface area (Å²) in [4.78, 5) is 11.5. The van der Waals surface area contributed by atoms with Crippen molar-refractivity contribution in [3.63, 3.8) is 0 Å². The van der Waals surface area contributed by atoms with Crippen molar-refractivity contribution >= 4 is 12.0 Å². The van der Waals surface area contributed by atoms with E-state index in [-0.39, 0.29) is 18.6 Å². The summed E-state index contributed by atoms with van der Waals surface area (Å²) in [5.41, 5.74) is 0.906. The first kappa shape index (κ1) is 14.8. The molecular weight excluding hydrogens is 240 g/mol. The topological polar surface area (TPSA) is 62.1 Å². The molecule has 0 saturated carbocycles. The molecule has 100 valence electrons. The van der Waals surface area contributed by atoms with Crippen molar-refractivity contribution in [1.82, 2.24) is 5.32 Å². The van der Waals surface area contributed by atoms with Crippen LogP contribution in [0.25, 0.3) is 6.08 Å². The van der Waals surface area contributed by atoms with E-state index in [1.807, 2.05) is 32.0 Å². The number of ether oxygens (including phenoxy) is 1. The second-order valence-electron chi connectivity index (χ2n) is 4.17.